The largest absolute Gasteiger partial charge is 0.338 e. The maximum atomic E-state index is 12.3. The maximum absolute atomic E-state index is 12.3. The predicted octanol–water partition coefficient (Wildman–Crippen LogP) is 7.16. The van der Waals surface area contributed by atoms with Crippen LogP contribution in [0, 0.1) is 5.92 Å². The van der Waals surface area contributed by atoms with E-state index in [0.29, 0.717) is 12.8 Å². The van der Waals surface area contributed by atoms with Gasteiger partial charge in [0.15, 0.2) is 0 Å². The van der Waals surface area contributed by atoms with E-state index >= 15 is 0 Å². The number of carbonyl (C=O) groups excluding carboxylic acids is 1. The van der Waals surface area contributed by atoms with Gasteiger partial charge < -0.3 is 9.79 Å². The van der Waals surface area contributed by atoms with E-state index in [2.05, 4.69) is 51.4 Å². The smallest absolute Gasteiger partial charge is 0.324 e. The van der Waals surface area contributed by atoms with Crippen LogP contribution >= 0.6 is 7.60 Å². The Hall–Kier alpha value is -1.46. The molecular formula is C27H48NO5P. The van der Waals surface area contributed by atoms with Crippen LogP contribution in [0.15, 0.2) is 46.6 Å². The quantitative estimate of drug-likeness (QED) is 0.0857. The highest BCUT2D eigenvalue weighted by Crippen LogP contribution is 2.46. The Morgan fingerprint density at radius 3 is 1.68 bits per heavy atom. The zero-order valence-corrected chi connectivity index (χ0v) is 23.3. The molecular weight excluding hydrogens is 449 g/mol. The molecule has 1 atom stereocenters. The van der Waals surface area contributed by atoms with Crippen molar-refractivity contribution >= 4 is 13.5 Å². The van der Waals surface area contributed by atoms with Crippen molar-refractivity contribution in [3.05, 3.63) is 46.6 Å². The van der Waals surface area contributed by atoms with Crippen molar-refractivity contribution in [1.29, 1.82) is 0 Å². The highest BCUT2D eigenvalue weighted by Gasteiger charge is 2.40. The molecule has 34 heavy (non-hydrogen) atoms. The molecule has 0 aliphatic heterocycles. The van der Waals surface area contributed by atoms with Gasteiger partial charge in [-0.2, -0.15) is 0 Å². The van der Waals surface area contributed by atoms with Crippen LogP contribution in [-0.2, 0) is 14.2 Å². The lowest BCUT2D eigenvalue weighted by Gasteiger charge is -2.24. The molecule has 0 heterocycles. The fourth-order valence-electron chi connectivity index (χ4n) is 3.72. The van der Waals surface area contributed by atoms with Crippen LogP contribution in [-0.4, -0.2) is 28.0 Å². The van der Waals surface area contributed by atoms with Crippen molar-refractivity contribution in [1.82, 2.24) is 5.48 Å². The third kappa shape index (κ3) is 15.4. The molecule has 0 aliphatic rings. The molecule has 0 radical (unpaired) electrons. The lowest BCUT2D eigenvalue weighted by atomic mass is 9.99. The standard InChI is InChI=1S/C27H48NO5P/c1-8-25(9-2)26(34(30,31)32)27(29)28-33-20-19-24(7)18-12-17-23(6)16-11-15-22(5)14-10-13-21(3)4/h13,15,17,19,25-26H,8-12,14,16,18,20H2,1-7H3,(H,28,29)(H2,30,31,32). The van der Waals surface area contributed by atoms with Crippen LogP contribution in [0.3, 0.4) is 0 Å². The van der Waals surface area contributed by atoms with Crippen LogP contribution in [0.1, 0.15) is 99.8 Å². The molecule has 0 aromatic heterocycles. The van der Waals surface area contributed by atoms with Crippen LogP contribution < -0.4 is 5.48 Å². The first kappa shape index (κ1) is 32.5. The summed E-state index contributed by atoms with van der Waals surface area (Å²) in [5, 5.41) is 0. The van der Waals surface area contributed by atoms with Crippen LogP contribution in [0.5, 0.6) is 0 Å². The molecule has 0 aliphatic carbocycles. The third-order valence-corrected chi connectivity index (χ3v) is 7.35. The Morgan fingerprint density at radius 1 is 0.824 bits per heavy atom. The van der Waals surface area contributed by atoms with Gasteiger partial charge in [0, 0.05) is 0 Å². The lowest BCUT2D eigenvalue weighted by molar-refractivity contribution is -0.133. The fourth-order valence-corrected chi connectivity index (χ4v) is 5.05. The molecule has 0 spiro atoms. The van der Waals surface area contributed by atoms with E-state index in [1.165, 1.54) is 16.7 Å². The lowest BCUT2D eigenvalue weighted by Crippen LogP contribution is -2.39. The minimum absolute atomic E-state index is 0.161. The summed E-state index contributed by atoms with van der Waals surface area (Å²) in [5.74, 6) is -1.15. The molecule has 0 rings (SSSR count). The molecule has 7 heteroatoms. The van der Waals surface area contributed by atoms with E-state index in [0.717, 1.165) is 44.1 Å². The van der Waals surface area contributed by atoms with Gasteiger partial charge in [0.2, 0.25) is 0 Å². The van der Waals surface area contributed by atoms with E-state index < -0.39 is 25.1 Å². The predicted molar refractivity (Wildman–Crippen MR) is 142 cm³/mol. The number of rotatable bonds is 17. The van der Waals surface area contributed by atoms with Crippen molar-refractivity contribution in [3.8, 4) is 0 Å². The summed E-state index contributed by atoms with van der Waals surface area (Å²) in [6.45, 7) is 14.4. The van der Waals surface area contributed by atoms with Gasteiger partial charge in [0.25, 0.3) is 5.91 Å². The molecule has 0 aromatic carbocycles. The SMILES string of the molecule is CCC(CC)C(C(=O)NOCC=C(C)CCC=C(C)CCC=C(C)CCC=C(C)C)P(=O)(O)O. The summed E-state index contributed by atoms with van der Waals surface area (Å²) < 4.78 is 11.8. The first-order valence-corrected chi connectivity index (χ1v) is 14.2. The number of allylic oxidation sites excluding steroid dienone is 7. The Morgan fingerprint density at radius 2 is 1.26 bits per heavy atom. The highest BCUT2D eigenvalue weighted by molar-refractivity contribution is 7.53. The summed E-state index contributed by atoms with van der Waals surface area (Å²) in [4.78, 5) is 36.6. The van der Waals surface area contributed by atoms with Crippen molar-refractivity contribution in [2.75, 3.05) is 6.61 Å². The second kappa shape index (κ2) is 17.9. The van der Waals surface area contributed by atoms with Gasteiger partial charge in [0.05, 0.1) is 6.61 Å². The zero-order chi connectivity index (χ0) is 26.1. The second-order valence-electron chi connectivity index (χ2n) is 9.44. The highest BCUT2D eigenvalue weighted by atomic mass is 31.2. The van der Waals surface area contributed by atoms with Crippen molar-refractivity contribution < 1.29 is 24.0 Å². The average Bonchev–Trinajstić information content (AvgIpc) is 2.73. The molecule has 1 amide bonds. The Balaban J connectivity index is 4.38. The Labute approximate surface area is 207 Å². The van der Waals surface area contributed by atoms with Gasteiger partial charge in [-0.15, -0.1) is 0 Å². The van der Waals surface area contributed by atoms with Crippen molar-refractivity contribution in [3.63, 3.8) is 0 Å². The summed E-state index contributed by atoms with van der Waals surface area (Å²) in [5.41, 5.74) is 6.19. The number of carbonyl (C=O) groups is 1. The normalized spacial score (nSPS) is 14.4. The van der Waals surface area contributed by atoms with E-state index in [1.54, 1.807) is 0 Å². The first-order chi connectivity index (χ1) is 15.9. The van der Waals surface area contributed by atoms with E-state index in [9.17, 15) is 19.1 Å². The van der Waals surface area contributed by atoms with Gasteiger partial charge in [-0.25, -0.2) is 5.48 Å². The molecule has 196 valence electrons. The summed E-state index contributed by atoms with van der Waals surface area (Å²) >= 11 is 0. The van der Waals surface area contributed by atoms with Gasteiger partial charge in [-0.3, -0.25) is 14.2 Å². The summed E-state index contributed by atoms with van der Waals surface area (Å²) in [7, 11) is -4.56. The molecule has 3 N–H and O–H groups in total. The van der Waals surface area contributed by atoms with Gasteiger partial charge in [-0.05, 0) is 79.1 Å². The molecule has 0 aromatic rings. The first-order valence-electron chi connectivity index (χ1n) is 12.5. The van der Waals surface area contributed by atoms with Crippen LogP contribution in [0.25, 0.3) is 0 Å². The van der Waals surface area contributed by atoms with E-state index in [4.69, 9.17) is 4.84 Å². The topological polar surface area (TPSA) is 95.9 Å². The van der Waals surface area contributed by atoms with Crippen molar-refractivity contribution in [2.24, 2.45) is 5.92 Å². The van der Waals surface area contributed by atoms with Crippen molar-refractivity contribution in [2.45, 2.75) is 105 Å². The van der Waals surface area contributed by atoms with E-state index in [1.807, 2.05) is 26.8 Å². The Bertz CT molecular complexity index is 768. The van der Waals surface area contributed by atoms with Gasteiger partial charge in [-0.1, -0.05) is 73.3 Å². The minimum Gasteiger partial charge on any atom is -0.324 e. The second-order valence-corrected chi connectivity index (χ2v) is 11.2. The molecule has 6 nitrogen and oxygen atoms in total. The van der Waals surface area contributed by atoms with E-state index in [-0.39, 0.29) is 6.61 Å². The van der Waals surface area contributed by atoms with Gasteiger partial charge in [0.1, 0.15) is 5.66 Å². The zero-order valence-electron chi connectivity index (χ0n) is 22.4. The van der Waals surface area contributed by atoms with Crippen LogP contribution in [0.2, 0.25) is 0 Å². The number of hydrogen-bond donors (Lipinski definition) is 3. The molecule has 1 unspecified atom stereocenters. The third-order valence-electron chi connectivity index (χ3n) is 5.97. The summed E-state index contributed by atoms with van der Waals surface area (Å²) in [6.07, 6.45) is 16.0. The molecule has 0 fully saturated rings. The molecule has 0 saturated carbocycles. The average molecular weight is 498 g/mol. The number of hydroxylamine groups is 1. The Kier molecular flexibility index (Phi) is 17.1. The number of amides is 1. The molecule has 0 bridgehead atoms. The van der Waals surface area contributed by atoms with Gasteiger partial charge >= 0.3 is 7.60 Å². The molecule has 0 saturated heterocycles. The fraction of sp³-hybridized carbons (Fsp3) is 0.667. The monoisotopic (exact) mass is 497 g/mol. The minimum atomic E-state index is -4.56. The maximum Gasteiger partial charge on any atom is 0.338 e. The van der Waals surface area contributed by atoms with Crippen LogP contribution in [0.4, 0.5) is 0 Å². The summed E-state index contributed by atoms with van der Waals surface area (Å²) in [6, 6.07) is 0. The number of nitrogens with one attached hydrogen (secondary N) is 1. The number of hydrogen-bond acceptors (Lipinski definition) is 3.